The molecule has 0 unspecified atom stereocenters. The molecular weight excluding hydrogens is 404 g/mol. The molecule has 2 aromatic carbocycles. The summed E-state index contributed by atoms with van der Waals surface area (Å²) in [6.45, 7) is 4.29. The van der Waals surface area contributed by atoms with Crippen LogP contribution in [0.4, 0.5) is 5.69 Å². The Morgan fingerprint density at radius 3 is 2.80 bits per heavy atom. The van der Waals surface area contributed by atoms with Crippen molar-refractivity contribution >= 4 is 50.9 Å². The highest BCUT2D eigenvalue weighted by atomic mass is 79.9. The zero-order valence-corrected chi connectivity index (χ0v) is 16.1. The second-order valence-electron chi connectivity index (χ2n) is 5.46. The van der Waals surface area contributed by atoms with Gasteiger partial charge in [-0.25, -0.2) is 0 Å². The molecule has 0 aromatic heterocycles. The number of ether oxygens (including phenoxy) is 1. The lowest BCUT2D eigenvalue weighted by Gasteiger charge is -2.12. The van der Waals surface area contributed by atoms with Gasteiger partial charge in [-0.3, -0.25) is 4.79 Å². The number of carbonyl (C=O) groups is 1. The summed E-state index contributed by atoms with van der Waals surface area (Å²) in [7, 11) is 0. The summed E-state index contributed by atoms with van der Waals surface area (Å²) in [4.78, 5) is 12.8. The van der Waals surface area contributed by atoms with Crippen LogP contribution in [0.15, 0.2) is 57.6 Å². The first-order chi connectivity index (χ1) is 12.0. The average molecular weight is 420 g/mol. The van der Waals surface area contributed by atoms with Crippen LogP contribution < -0.4 is 9.75 Å². The van der Waals surface area contributed by atoms with Crippen molar-refractivity contribution in [2.75, 3.05) is 11.6 Å². The van der Waals surface area contributed by atoms with Crippen LogP contribution in [0.3, 0.4) is 0 Å². The van der Waals surface area contributed by atoms with Gasteiger partial charge in [-0.1, -0.05) is 33.6 Å². The predicted octanol–water partition coefficient (Wildman–Crippen LogP) is 5.31. The molecule has 1 amide bonds. The van der Waals surface area contributed by atoms with Gasteiger partial charge < -0.3 is 4.74 Å². The van der Waals surface area contributed by atoms with Crippen LogP contribution in [0.1, 0.15) is 19.4 Å². The molecule has 0 atom stereocenters. The Balaban J connectivity index is 1.99. The van der Waals surface area contributed by atoms with Gasteiger partial charge in [-0.15, -0.1) is 0 Å². The van der Waals surface area contributed by atoms with Crippen molar-refractivity contribution in [2.24, 2.45) is 5.10 Å². The molecule has 0 saturated heterocycles. The van der Waals surface area contributed by atoms with Crippen molar-refractivity contribution in [3.8, 4) is 5.75 Å². The Kier molecular flexibility index (Phi) is 5.25. The van der Waals surface area contributed by atoms with Gasteiger partial charge in [0.05, 0.1) is 23.6 Å². The second kappa shape index (κ2) is 7.42. The van der Waals surface area contributed by atoms with Crippen LogP contribution in [0.2, 0.25) is 5.02 Å². The quantitative estimate of drug-likeness (QED) is 0.630. The molecule has 1 aliphatic rings. The molecule has 0 aliphatic carbocycles. The van der Waals surface area contributed by atoms with E-state index in [-0.39, 0.29) is 5.91 Å². The number of benzene rings is 2. The Bertz CT molecular complexity index is 893. The van der Waals surface area contributed by atoms with Crippen molar-refractivity contribution in [3.63, 3.8) is 0 Å². The second-order valence-corrected chi connectivity index (χ2v) is 6.81. The summed E-state index contributed by atoms with van der Waals surface area (Å²) in [5, 5.41) is 6.30. The van der Waals surface area contributed by atoms with E-state index < -0.39 is 0 Å². The Morgan fingerprint density at radius 2 is 2.08 bits per heavy atom. The zero-order valence-electron chi connectivity index (χ0n) is 13.8. The molecular formula is C19H16BrClN2O2. The molecule has 25 heavy (non-hydrogen) atoms. The Morgan fingerprint density at radius 1 is 1.28 bits per heavy atom. The first kappa shape index (κ1) is 17.7. The third-order valence-corrected chi connectivity index (χ3v) is 4.42. The normalized spacial score (nSPS) is 15.7. The number of hydrogen-bond donors (Lipinski definition) is 0. The third-order valence-electron chi connectivity index (χ3n) is 3.69. The van der Waals surface area contributed by atoms with Crippen molar-refractivity contribution in [3.05, 3.63) is 63.1 Å². The lowest BCUT2D eigenvalue weighted by atomic mass is 10.1. The van der Waals surface area contributed by atoms with E-state index >= 15 is 0 Å². The number of rotatable bonds is 4. The molecule has 0 spiro atoms. The SMILES string of the molecule is CCOc1ccc(Br)cc1/C=C1/C(=O)N(c2cccc(Cl)c2)N=C1C. The number of hydrogen-bond acceptors (Lipinski definition) is 3. The fourth-order valence-corrected chi connectivity index (χ4v) is 3.11. The lowest BCUT2D eigenvalue weighted by molar-refractivity contribution is -0.114. The summed E-state index contributed by atoms with van der Waals surface area (Å²) in [5.74, 6) is 0.530. The highest BCUT2D eigenvalue weighted by Crippen LogP contribution is 2.30. The van der Waals surface area contributed by atoms with E-state index in [1.165, 1.54) is 5.01 Å². The van der Waals surface area contributed by atoms with Gasteiger partial charge in [-0.2, -0.15) is 10.1 Å². The van der Waals surface area contributed by atoms with Gasteiger partial charge in [0.25, 0.3) is 5.91 Å². The van der Waals surface area contributed by atoms with Crippen LogP contribution in [0, 0.1) is 0 Å². The molecule has 6 heteroatoms. The van der Waals surface area contributed by atoms with E-state index in [0.717, 1.165) is 15.8 Å². The van der Waals surface area contributed by atoms with Gasteiger partial charge in [0.15, 0.2) is 0 Å². The van der Waals surface area contributed by atoms with Crippen LogP contribution in [-0.2, 0) is 4.79 Å². The topological polar surface area (TPSA) is 41.9 Å². The fraction of sp³-hybridized carbons (Fsp3) is 0.158. The van der Waals surface area contributed by atoms with Crippen molar-refractivity contribution in [1.82, 2.24) is 0 Å². The van der Waals surface area contributed by atoms with E-state index in [2.05, 4.69) is 21.0 Å². The molecule has 3 rings (SSSR count). The Hall–Kier alpha value is -2.11. The van der Waals surface area contributed by atoms with Crippen LogP contribution >= 0.6 is 27.5 Å². The monoisotopic (exact) mass is 418 g/mol. The van der Waals surface area contributed by atoms with Crippen LogP contribution in [0.5, 0.6) is 5.75 Å². The molecule has 1 aliphatic heterocycles. The molecule has 0 fully saturated rings. The van der Waals surface area contributed by atoms with Gasteiger partial charge >= 0.3 is 0 Å². The number of halogens is 2. The fourth-order valence-electron chi connectivity index (χ4n) is 2.54. The summed E-state index contributed by atoms with van der Waals surface area (Å²) in [6.07, 6.45) is 1.81. The van der Waals surface area contributed by atoms with E-state index in [0.29, 0.717) is 28.6 Å². The maximum atomic E-state index is 12.8. The number of carbonyl (C=O) groups excluding carboxylic acids is 1. The van der Waals surface area contributed by atoms with Crippen molar-refractivity contribution in [1.29, 1.82) is 0 Å². The molecule has 4 nitrogen and oxygen atoms in total. The minimum atomic E-state index is -0.192. The summed E-state index contributed by atoms with van der Waals surface area (Å²) >= 11 is 9.48. The molecule has 0 bridgehead atoms. The smallest absolute Gasteiger partial charge is 0.280 e. The third kappa shape index (κ3) is 3.78. The van der Waals surface area contributed by atoms with E-state index in [1.807, 2.05) is 38.1 Å². The lowest BCUT2D eigenvalue weighted by Crippen LogP contribution is -2.21. The Labute approximate surface area is 159 Å². The van der Waals surface area contributed by atoms with Gasteiger partial charge in [0, 0.05) is 15.1 Å². The maximum Gasteiger partial charge on any atom is 0.280 e. The highest BCUT2D eigenvalue weighted by molar-refractivity contribution is 9.10. The molecule has 0 saturated carbocycles. The minimum Gasteiger partial charge on any atom is -0.493 e. The van der Waals surface area contributed by atoms with Crippen LogP contribution in [0.25, 0.3) is 6.08 Å². The molecule has 128 valence electrons. The van der Waals surface area contributed by atoms with Crippen molar-refractivity contribution in [2.45, 2.75) is 13.8 Å². The first-order valence-corrected chi connectivity index (χ1v) is 8.96. The van der Waals surface area contributed by atoms with Gasteiger partial charge in [0.1, 0.15) is 5.75 Å². The molecule has 2 aromatic rings. The highest BCUT2D eigenvalue weighted by Gasteiger charge is 2.29. The van der Waals surface area contributed by atoms with Crippen LogP contribution in [-0.4, -0.2) is 18.2 Å². The summed E-state index contributed by atoms with van der Waals surface area (Å²) in [6, 6.07) is 12.8. The maximum absolute atomic E-state index is 12.8. The first-order valence-electron chi connectivity index (χ1n) is 7.79. The van der Waals surface area contributed by atoms with Gasteiger partial charge in [-0.05, 0) is 56.3 Å². The minimum absolute atomic E-state index is 0.192. The zero-order chi connectivity index (χ0) is 18.0. The predicted molar refractivity (Wildman–Crippen MR) is 105 cm³/mol. The van der Waals surface area contributed by atoms with E-state index in [1.54, 1.807) is 24.3 Å². The average Bonchev–Trinajstić information content (AvgIpc) is 2.85. The standard InChI is InChI=1S/C19H16BrClN2O2/c1-3-25-18-8-7-14(20)9-13(18)10-17-12(2)22-23(19(17)24)16-6-4-5-15(21)11-16/h4-11H,3H2,1-2H3/b17-10+. The molecule has 1 heterocycles. The number of nitrogens with zero attached hydrogens (tertiary/aromatic N) is 2. The molecule has 0 N–H and O–H groups in total. The van der Waals surface area contributed by atoms with E-state index in [9.17, 15) is 4.79 Å². The number of hydrazone groups is 1. The van der Waals surface area contributed by atoms with E-state index in [4.69, 9.17) is 16.3 Å². The number of amides is 1. The summed E-state index contributed by atoms with van der Waals surface area (Å²) in [5.41, 5.74) is 2.63. The largest absolute Gasteiger partial charge is 0.493 e. The molecule has 0 radical (unpaired) electrons. The van der Waals surface area contributed by atoms with Crippen molar-refractivity contribution < 1.29 is 9.53 Å². The van der Waals surface area contributed by atoms with Gasteiger partial charge in [0.2, 0.25) is 0 Å². The summed E-state index contributed by atoms with van der Waals surface area (Å²) < 4.78 is 6.56. The number of anilines is 1.